The Labute approximate surface area is 127 Å². The van der Waals surface area contributed by atoms with Crippen molar-refractivity contribution in [3.8, 4) is 5.75 Å². The van der Waals surface area contributed by atoms with Crippen molar-refractivity contribution in [1.29, 1.82) is 0 Å². The minimum atomic E-state index is -2.42. The molecule has 2 aromatic rings. The van der Waals surface area contributed by atoms with E-state index in [1.165, 1.54) is 0 Å². The Morgan fingerprint density at radius 1 is 0.583 bits per heavy atom. The van der Waals surface area contributed by atoms with Gasteiger partial charge < -0.3 is 4.89 Å². The van der Waals surface area contributed by atoms with Gasteiger partial charge in [-0.3, -0.25) is 4.81 Å². The van der Waals surface area contributed by atoms with Crippen LogP contribution >= 0.6 is 0 Å². The van der Waals surface area contributed by atoms with Crippen LogP contribution in [-0.4, -0.2) is 7.48 Å². The molecule has 0 radical (unpaired) electrons. The lowest BCUT2D eigenvalue weighted by molar-refractivity contribution is -0.104. The van der Waals surface area contributed by atoms with Crippen molar-refractivity contribution in [2.75, 3.05) is 0 Å². The third kappa shape index (κ3) is 3.00. The lowest BCUT2D eigenvalue weighted by Gasteiger charge is -2.09. The highest BCUT2D eigenvalue weighted by Crippen LogP contribution is 2.26. The van der Waals surface area contributed by atoms with Crippen LogP contribution in [0, 0.1) is 52.4 Å². The lowest BCUT2D eigenvalue weighted by atomic mass is 9.87. The minimum Gasteiger partial charge on any atom is -0.347 e. The molecule has 0 aliphatic rings. The maximum atomic E-state index is 13.3. The second kappa shape index (κ2) is 6.63. The summed E-state index contributed by atoms with van der Waals surface area (Å²) < 4.78 is 117. The third-order valence-corrected chi connectivity index (χ3v) is 2.72. The molecule has 128 valence electrons. The average molecular weight is 360 g/mol. The van der Waals surface area contributed by atoms with Gasteiger partial charge in [0.1, 0.15) is 0 Å². The van der Waals surface area contributed by atoms with E-state index in [9.17, 15) is 39.5 Å². The van der Waals surface area contributed by atoms with E-state index < -0.39 is 71.0 Å². The fourth-order valence-corrected chi connectivity index (χ4v) is 1.55. The number of hydrogen-bond acceptors (Lipinski definition) is 2. The minimum absolute atomic E-state index is 0.116. The molecule has 0 saturated heterocycles. The fraction of sp³-hybridized carbons (Fsp3) is 0. The largest absolute Gasteiger partial charge is 0.378 e. The molecule has 12 heteroatoms. The standard InChI is InChI=1S/C12H2BF9O2/c14-2-1-3(15)12(11(22)5(2)16)23-24-13-4-6(17)8(19)10(21)9(20)7(4)18/h1,13H. The first-order chi connectivity index (χ1) is 11.2. The van der Waals surface area contributed by atoms with Gasteiger partial charge in [-0.2, -0.15) is 4.39 Å². The zero-order valence-corrected chi connectivity index (χ0v) is 11.0. The van der Waals surface area contributed by atoms with Crippen LogP contribution in [0.2, 0.25) is 0 Å². The lowest BCUT2D eigenvalue weighted by Crippen LogP contribution is -2.30. The zero-order valence-electron chi connectivity index (χ0n) is 11.0. The number of halogens is 9. The maximum absolute atomic E-state index is 13.3. The van der Waals surface area contributed by atoms with E-state index in [4.69, 9.17) is 0 Å². The van der Waals surface area contributed by atoms with Crippen LogP contribution in [0.1, 0.15) is 0 Å². The summed E-state index contributed by atoms with van der Waals surface area (Å²) in [5, 5.41) is 0. The van der Waals surface area contributed by atoms with E-state index >= 15 is 0 Å². The summed E-state index contributed by atoms with van der Waals surface area (Å²) in [5.74, 6) is -21.1. The van der Waals surface area contributed by atoms with Gasteiger partial charge in [-0.25, -0.2) is 35.1 Å². The molecule has 0 heterocycles. The molecule has 0 bridgehead atoms. The summed E-state index contributed by atoms with van der Waals surface area (Å²) in [5.41, 5.74) is -1.50. The summed E-state index contributed by atoms with van der Waals surface area (Å²) in [6.45, 7) is 0. The highest BCUT2D eigenvalue weighted by Gasteiger charge is 2.27. The Morgan fingerprint density at radius 2 is 1.08 bits per heavy atom. The molecule has 0 atom stereocenters. The molecule has 2 aromatic carbocycles. The number of hydrogen-bond donors (Lipinski definition) is 0. The van der Waals surface area contributed by atoms with Crippen molar-refractivity contribution < 1.29 is 49.2 Å². The highest BCUT2D eigenvalue weighted by molar-refractivity contribution is 6.46. The van der Waals surface area contributed by atoms with Crippen molar-refractivity contribution in [1.82, 2.24) is 0 Å². The van der Waals surface area contributed by atoms with Crippen molar-refractivity contribution in [2.45, 2.75) is 0 Å². The third-order valence-electron chi connectivity index (χ3n) is 2.72. The first-order valence-electron chi connectivity index (χ1n) is 5.79. The summed E-state index contributed by atoms with van der Waals surface area (Å²) in [6.07, 6.45) is 0. The monoisotopic (exact) mass is 360 g/mol. The molecule has 0 amide bonds. The van der Waals surface area contributed by atoms with E-state index in [1.54, 1.807) is 0 Å². The molecule has 0 saturated carbocycles. The summed E-state index contributed by atoms with van der Waals surface area (Å²) in [4.78, 5) is 7.87. The quantitative estimate of drug-likeness (QED) is 0.209. The molecule has 0 N–H and O–H groups in total. The van der Waals surface area contributed by atoms with Crippen LogP contribution in [0.4, 0.5) is 39.5 Å². The van der Waals surface area contributed by atoms with Gasteiger partial charge in [0.2, 0.25) is 11.6 Å². The van der Waals surface area contributed by atoms with E-state index in [2.05, 4.69) is 9.69 Å². The van der Waals surface area contributed by atoms with Crippen LogP contribution in [0.5, 0.6) is 5.75 Å². The Kier molecular flexibility index (Phi) is 4.97. The number of benzene rings is 2. The molecule has 0 aliphatic heterocycles. The molecular formula is C12H2BF9O2. The van der Waals surface area contributed by atoms with Crippen molar-refractivity contribution in [3.05, 3.63) is 58.4 Å². The van der Waals surface area contributed by atoms with E-state index in [0.717, 1.165) is 0 Å². The normalized spacial score (nSPS) is 10.9. The Balaban J connectivity index is 2.24. The molecular weight excluding hydrogens is 358 g/mol. The van der Waals surface area contributed by atoms with Crippen LogP contribution in [0.3, 0.4) is 0 Å². The van der Waals surface area contributed by atoms with E-state index in [1.807, 2.05) is 0 Å². The van der Waals surface area contributed by atoms with Crippen LogP contribution in [-0.2, 0) is 4.81 Å². The van der Waals surface area contributed by atoms with Crippen molar-refractivity contribution in [3.63, 3.8) is 0 Å². The predicted molar refractivity (Wildman–Crippen MR) is 61.0 cm³/mol. The van der Waals surface area contributed by atoms with Gasteiger partial charge in [-0.05, 0) is 0 Å². The first kappa shape index (κ1) is 18.0. The first-order valence-corrected chi connectivity index (χ1v) is 5.79. The predicted octanol–water partition coefficient (Wildman–Crippen LogP) is 2.93. The smallest absolute Gasteiger partial charge is 0.347 e. The summed E-state index contributed by atoms with van der Waals surface area (Å²) >= 11 is 0. The maximum Gasteiger partial charge on any atom is 0.378 e. The van der Waals surface area contributed by atoms with E-state index in [-0.39, 0.29) is 6.07 Å². The van der Waals surface area contributed by atoms with E-state index in [0.29, 0.717) is 0 Å². The topological polar surface area (TPSA) is 18.5 Å². The molecule has 0 aliphatic carbocycles. The van der Waals surface area contributed by atoms with Gasteiger partial charge in [0.25, 0.3) is 0 Å². The number of rotatable bonds is 4. The van der Waals surface area contributed by atoms with Crippen molar-refractivity contribution >= 4 is 12.9 Å². The van der Waals surface area contributed by atoms with Gasteiger partial charge >= 0.3 is 7.48 Å². The van der Waals surface area contributed by atoms with Gasteiger partial charge in [-0.15, -0.1) is 0 Å². The fourth-order valence-electron chi connectivity index (χ4n) is 1.55. The van der Waals surface area contributed by atoms with Crippen LogP contribution in [0.25, 0.3) is 0 Å². The second-order valence-corrected chi connectivity index (χ2v) is 4.19. The molecule has 2 rings (SSSR count). The Bertz CT molecular complexity index is 783. The van der Waals surface area contributed by atoms with Crippen LogP contribution < -0.4 is 10.4 Å². The molecule has 24 heavy (non-hydrogen) atoms. The van der Waals surface area contributed by atoms with Gasteiger partial charge in [0.05, 0.1) is 0 Å². The second-order valence-electron chi connectivity index (χ2n) is 4.19. The Morgan fingerprint density at radius 3 is 1.62 bits per heavy atom. The van der Waals surface area contributed by atoms with Crippen molar-refractivity contribution in [2.24, 2.45) is 0 Å². The van der Waals surface area contributed by atoms with Gasteiger partial charge in [0.15, 0.2) is 46.5 Å². The van der Waals surface area contributed by atoms with Gasteiger partial charge in [0, 0.05) is 11.5 Å². The molecule has 0 fully saturated rings. The molecule has 0 spiro atoms. The van der Waals surface area contributed by atoms with Crippen LogP contribution in [0.15, 0.2) is 6.07 Å². The Hall–Kier alpha value is -2.37. The zero-order chi connectivity index (χ0) is 18.2. The average Bonchev–Trinajstić information content (AvgIpc) is 2.55. The highest BCUT2D eigenvalue weighted by atomic mass is 19.2. The molecule has 0 unspecified atom stereocenters. The molecule has 2 nitrogen and oxygen atoms in total. The summed E-state index contributed by atoms with van der Waals surface area (Å²) in [6, 6.07) is -0.116. The van der Waals surface area contributed by atoms with Gasteiger partial charge in [-0.1, -0.05) is 0 Å². The summed E-state index contributed by atoms with van der Waals surface area (Å²) in [7, 11) is -1.48. The molecule has 0 aromatic heterocycles. The SMILES string of the molecule is Fc1cc(F)c(OOBc2c(F)c(F)c(F)c(F)c2F)c(F)c1F.